The van der Waals surface area contributed by atoms with Gasteiger partial charge in [-0.1, -0.05) is 0 Å². The fourth-order valence-electron chi connectivity index (χ4n) is 1.70. The predicted molar refractivity (Wildman–Crippen MR) is 70.1 cm³/mol. The number of carbonyl (C=O) groups is 1. The molecule has 1 aromatic heterocycles. The highest BCUT2D eigenvalue weighted by atomic mass is 19.2. The molecule has 0 aliphatic carbocycles. The average molecular weight is 298 g/mol. The molecule has 2 rings (SSSR count). The van der Waals surface area contributed by atoms with Crippen LogP contribution in [0, 0.1) is 17.5 Å². The van der Waals surface area contributed by atoms with Crippen molar-refractivity contribution in [3.63, 3.8) is 0 Å². The van der Waals surface area contributed by atoms with Crippen LogP contribution in [0.4, 0.5) is 18.9 Å². The highest BCUT2D eigenvalue weighted by Crippen LogP contribution is 2.19. The maximum absolute atomic E-state index is 13.4. The minimum atomic E-state index is -1.62. The Hall–Kier alpha value is -2.28. The molecule has 2 aromatic rings. The fraction of sp³-hybridized carbons (Fsp3) is 0.214. The van der Waals surface area contributed by atoms with Gasteiger partial charge in [0.25, 0.3) is 0 Å². The Kier molecular flexibility index (Phi) is 4.64. The second-order valence-corrected chi connectivity index (χ2v) is 4.39. The topological polar surface area (TPSA) is 54.3 Å². The fourth-order valence-corrected chi connectivity index (χ4v) is 1.70. The van der Waals surface area contributed by atoms with Crippen LogP contribution >= 0.6 is 0 Å². The summed E-state index contributed by atoms with van der Waals surface area (Å²) in [6.45, 7) is 1.64. The number of anilines is 1. The Morgan fingerprint density at radius 2 is 2.00 bits per heavy atom. The molecular formula is C14H13F3N2O2. The number of halogens is 3. The minimum Gasteiger partial charge on any atom is -0.468 e. The molecule has 1 aromatic carbocycles. The van der Waals surface area contributed by atoms with Crippen molar-refractivity contribution in [1.82, 2.24) is 5.32 Å². The van der Waals surface area contributed by atoms with Gasteiger partial charge in [0.15, 0.2) is 17.5 Å². The molecule has 112 valence electrons. The average Bonchev–Trinajstić information content (AvgIpc) is 3.00. The number of rotatable bonds is 5. The van der Waals surface area contributed by atoms with Crippen LogP contribution < -0.4 is 10.6 Å². The van der Waals surface area contributed by atoms with Crippen LogP contribution in [0.25, 0.3) is 0 Å². The number of hydrogen-bond acceptors (Lipinski definition) is 3. The number of benzene rings is 1. The quantitative estimate of drug-likeness (QED) is 0.834. The first kappa shape index (κ1) is 15.1. The van der Waals surface area contributed by atoms with Gasteiger partial charge in [-0.2, -0.15) is 0 Å². The third-order valence-electron chi connectivity index (χ3n) is 2.85. The molecule has 2 N–H and O–H groups in total. The van der Waals surface area contributed by atoms with Gasteiger partial charge in [-0.05, 0) is 31.2 Å². The van der Waals surface area contributed by atoms with Crippen molar-refractivity contribution in [2.75, 3.05) is 11.9 Å². The van der Waals surface area contributed by atoms with Gasteiger partial charge in [0, 0.05) is 0 Å². The van der Waals surface area contributed by atoms with Gasteiger partial charge in [-0.25, -0.2) is 13.2 Å². The standard InChI is InChI=1S/C14H13F3N2O2/c1-8(11-3-2-6-21-11)18-7-12(20)19-10-5-4-9(15)13(16)14(10)17/h2-6,8,18H,7H2,1H3,(H,19,20)/t8-/m0/s1. The molecule has 1 atom stereocenters. The van der Waals surface area contributed by atoms with Gasteiger partial charge in [-0.3, -0.25) is 10.1 Å². The molecule has 0 fully saturated rings. The van der Waals surface area contributed by atoms with Crippen molar-refractivity contribution >= 4 is 11.6 Å². The third-order valence-corrected chi connectivity index (χ3v) is 2.85. The van der Waals surface area contributed by atoms with E-state index in [1.165, 1.54) is 6.26 Å². The molecule has 4 nitrogen and oxygen atoms in total. The summed E-state index contributed by atoms with van der Waals surface area (Å²) in [5.41, 5.74) is -0.411. The summed E-state index contributed by atoms with van der Waals surface area (Å²) < 4.78 is 44.3. The molecule has 1 heterocycles. The molecule has 0 bridgehead atoms. The molecule has 1 amide bonds. The normalized spacial score (nSPS) is 12.2. The molecule has 0 aliphatic heterocycles. The van der Waals surface area contributed by atoms with Crippen LogP contribution in [0.15, 0.2) is 34.9 Å². The monoisotopic (exact) mass is 298 g/mol. The lowest BCUT2D eigenvalue weighted by Crippen LogP contribution is -2.30. The van der Waals surface area contributed by atoms with Crippen LogP contribution in [0.1, 0.15) is 18.7 Å². The van der Waals surface area contributed by atoms with Crippen molar-refractivity contribution in [2.24, 2.45) is 0 Å². The van der Waals surface area contributed by atoms with Crippen molar-refractivity contribution in [1.29, 1.82) is 0 Å². The number of furan rings is 1. The number of amides is 1. The van der Waals surface area contributed by atoms with E-state index in [1.807, 2.05) is 0 Å². The van der Waals surface area contributed by atoms with Gasteiger partial charge in [0.05, 0.1) is 24.5 Å². The summed E-state index contributed by atoms with van der Waals surface area (Å²) in [5, 5.41) is 5.02. The van der Waals surface area contributed by atoms with Crippen molar-refractivity contribution in [2.45, 2.75) is 13.0 Å². The van der Waals surface area contributed by atoms with E-state index < -0.39 is 29.0 Å². The number of nitrogens with one attached hydrogen (secondary N) is 2. The second kappa shape index (κ2) is 6.45. The van der Waals surface area contributed by atoms with E-state index in [2.05, 4.69) is 10.6 Å². The van der Waals surface area contributed by atoms with E-state index in [0.29, 0.717) is 5.76 Å². The SMILES string of the molecule is C[C@H](NCC(=O)Nc1ccc(F)c(F)c1F)c1ccco1. The highest BCUT2D eigenvalue weighted by Gasteiger charge is 2.16. The lowest BCUT2D eigenvalue weighted by Gasteiger charge is -2.12. The molecule has 0 unspecified atom stereocenters. The summed E-state index contributed by atoms with van der Waals surface area (Å²) in [5.74, 6) is -4.30. The molecular weight excluding hydrogens is 285 g/mol. The summed E-state index contributed by atoms with van der Waals surface area (Å²) in [4.78, 5) is 11.6. The molecule has 0 saturated carbocycles. The summed E-state index contributed by atoms with van der Waals surface area (Å²) >= 11 is 0. The zero-order valence-corrected chi connectivity index (χ0v) is 11.1. The molecule has 0 saturated heterocycles. The Morgan fingerprint density at radius 1 is 1.24 bits per heavy atom. The molecule has 0 spiro atoms. The van der Waals surface area contributed by atoms with Crippen LogP contribution in [0.3, 0.4) is 0 Å². The highest BCUT2D eigenvalue weighted by molar-refractivity contribution is 5.92. The minimum absolute atomic E-state index is 0.139. The van der Waals surface area contributed by atoms with Crippen LogP contribution in [0.2, 0.25) is 0 Å². The summed E-state index contributed by atoms with van der Waals surface area (Å²) in [6, 6.07) is 4.93. The first-order chi connectivity index (χ1) is 9.99. The molecule has 0 aliphatic rings. The Bertz CT molecular complexity index is 629. The van der Waals surface area contributed by atoms with E-state index in [0.717, 1.165) is 12.1 Å². The number of hydrogen-bond donors (Lipinski definition) is 2. The van der Waals surface area contributed by atoms with Crippen LogP contribution in [0.5, 0.6) is 0 Å². The smallest absolute Gasteiger partial charge is 0.238 e. The van der Waals surface area contributed by atoms with Crippen molar-refractivity contribution < 1.29 is 22.4 Å². The van der Waals surface area contributed by atoms with Gasteiger partial charge in [0.1, 0.15) is 5.76 Å². The first-order valence-electron chi connectivity index (χ1n) is 6.19. The van der Waals surface area contributed by atoms with E-state index >= 15 is 0 Å². The molecule has 7 heteroatoms. The Labute approximate surface area is 119 Å². The maximum Gasteiger partial charge on any atom is 0.238 e. The van der Waals surface area contributed by atoms with Crippen molar-refractivity contribution in [3.05, 3.63) is 53.7 Å². The maximum atomic E-state index is 13.4. The van der Waals surface area contributed by atoms with Gasteiger partial charge < -0.3 is 9.73 Å². The predicted octanol–water partition coefficient (Wildman–Crippen LogP) is 2.99. The van der Waals surface area contributed by atoms with Crippen LogP contribution in [-0.2, 0) is 4.79 Å². The van der Waals surface area contributed by atoms with E-state index in [9.17, 15) is 18.0 Å². The first-order valence-corrected chi connectivity index (χ1v) is 6.19. The van der Waals surface area contributed by atoms with E-state index in [4.69, 9.17) is 4.42 Å². The van der Waals surface area contributed by atoms with Crippen LogP contribution in [-0.4, -0.2) is 12.5 Å². The molecule has 0 radical (unpaired) electrons. The van der Waals surface area contributed by atoms with E-state index in [1.54, 1.807) is 19.1 Å². The summed E-state index contributed by atoms with van der Waals surface area (Å²) in [6.07, 6.45) is 1.50. The lowest BCUT2D eigenvalue weighted by atomic mass is 10.2. The Balaban J connectivity index is 1.92. The zero-order chi connectivity index (χ0) is 15.4. The van der Waals surface area contributed by atoms with Gasteiger partial charge in [0.2, 0.25) is 5.91 Å². The zero-order valence-electron chi connectivity index (χ0n) is 11.1. The van der Waals surface area contributed by atoms with Crippen molar-refractivity contribution in [3.8, 4) is 0 Å². The van der Waals surface area contributed by atoms with Gasteiger partial charge in [-0.15, -0.1) is 0 Å². The third kappa shape index (κ3) is 3.63. The largest absolute Gasteiger partial charge is 0.468 e. The van der Waals surface area contributed by atoms with E-state index in [-0.39, 0.29) is 12.6 Å². The lowest BCUT2D eigenvalue weighted by molar-refractivity contribution is -0.115. The summed E-state index contributed by atoms with van der Waals surface area (Å²) in [7, 11) is 0. The second-order valence-electron chi connectivity index (χ2n) is 4.39. The number of carbonyl (C=O) groups excluding carboxylic acids is 1. The van der Waals surface area contributed by atoms with Gasteiger partial charge >= 0.3 is 0 Å². The Morgan fingerprint density at radius 3 is 2.67 bits per heavy atom. The molecule has 21 heavy (non-hydrogen) atoms.